The molecule has 0 aliphatic carbocycles. The standard InChI is InChI=1S/C19H28N6O/c1-20-19(21-9-5-6-16-14-22-23(2)15-16)25-12-10-24(11-13-25)17-7-3-4-8-18(17)26/h3-4,7-8,14-15,26H,5-6,9-13H2,1-2H3,(H,20,21). The van der Waals surface area contributed by atoms with Crippen LogP contribution in [0.25, 0.3) is 0 Å². The van der Waals surface area contributed by atoms with Gasteiger partial charge in [-0.05, 0) is 30.5 Å². The van der Waals surface area contributed by atoms with Crippen molar-refractivity contribution in [2.75, 3.05) is 44.7 Å². The van der Waals surface area contributed by atoms with Crippen LogP contribution in [-0.4, -0.2) is 65.5 Å². The van der Waals surface area contributed by atoms with Crippen LogP contribution in [-0.2, 0) is 13.5 Å². The summed E-state index contributed by atoms with van der Waals surface area (Å²) >= 11 is 0. The van der Waals surface area contributed by atoms with Gasteiger partial charge in [0.05, 0.1) is 11.9 Å². The second-order valence-electron chi connectivity index (χ2n) is 6.56. The van der Waals surface area contributed by atoms with Gasteiger partial charge >= 0.3 is 0 Å². The summed E-state index contributed by atoms with van der Waals surface area (Å²) < 4.78 is 1.84. The summed E-state index contributed by atoms with van der Waals surface area (Å²) in [6.07, 6.45) is 6.04. The largest absolute Gasteiger partial charge is 0.506 e. The highest BCUT2D eigenvalue weighted by molar-refractivity contribution is 5.80. The van der Waals surface area contributed by atoms with Crippen molar-refractivity contribution < 1.29 is 5.11 Å². The zero-order valence-electron chi connectivity index (χ0n) is 15.6. The lowest BCUT2D eigenvalue weighted by Crippen LogP contribution is -2.52. The number of aliphatic imine (C=N–C) groups is 1. The van der Waals surface area contributed by atoms with Crippen molar-refractivity contribution in [1.29, 1.82) is 0 Å². The van der Waals surface area contributed by atoms with Crippen LogP contribution in [0.1, 0.15) is 12.0 Å². The van der Waals surface area contributed by atoms with Gasteiger partial charge in [0.1, 0.15) is 5.75 Å². The highest BCUT2D eigenvalue weighted by atomic mass is 16.3. The number of phenols is 1. The van der Waals surface area contributed by atoms with Gasteiger partial charge in [-0.2, -0.15) is 5.10 Å². The van der Waals surface area contributed by atoms with Gasteiger partial charge in [-0.15, -0.1) is 0 Å². The molecule has 3 rings (SSSR count). The normalized spacial score (nSPS) is 15.4. The maximum absolute atomic E-state index is 10.0. The van der Waals surface area contributed by atoms with Crippen molar-refractivity contribution in [3.05, 3.63) is 42.2 Å². The fourth-order valence-electron chi connectivity index (χ4n) is 3.32. The molecule has 0 spiro atoms. The molecule has 0 atom stereocenters. The highest BCUT2D eigenvalue weighted by Gasteiger charge is 2.21. The van der Waals surface area contributed by atoms with Crippen molar-refractivity contribution in [2.45, 2.75) is 12.8 Å². The van der Waals surface area contributed by atoms with E-state index in [1.807, 2.05) is 43.2 Å². The first-order valence-corrected chi connectivity index (χ1v) is 9.13. The lowest BCUT2D eigenvalue weighted by molar-refractivity contribution is 0.369. The molecule has 1 aromatic heterocycles. The van der Waals surface area contributed by atoms with E-state index in [1.54, 1.807) is 6.07 Å². The lowest BCUT2D eigenvalue weighted by atomic mass is 10.2. The summed E-state index contributed by atoms with van der Waals surface area (Å²) in [6, 6.07) is 7.53. The Balaban J connectivity index is 1.44. The molecular formula is C19H28N6O. The van der Waals surface area contributed by atoms with Gasteiger partial charge in [-0.1, -0.05) is 12.1 Å². The average molecular weight is 356 g/mol. The summed E-state index contributed by atoms with van der Waals surface area (Å²) in [5.74, 6) is 1.30. The Kier molecular flexibility index (Phi) is 5.99. The first kappa shape index (κ1) is 18.1. The number of hydrogen-bond donors (Lipinski definition) is 2. The van der Waals surface area contributed by atoms with Crippen LogP contribution in [0.15, 0.2) is 41.7 Å². The third kappa shape index (κ3) is 4.47. The van der Waals surface area contributed by atoms with E-state index in [4.69, 9.17) is 0 Å². The molecule has 2 N–H and O–H groups in total. The van der Waals surface area contributed by atoms with Gasteiger partial charge in [0.25, 0.3) is 0 Å². The predicted octanol–water partition coefficient (Wildman–Crippen LogP) is 1.46. The molecule has 0 unspecified atom stereocenters. The van der Waals surface area contributed by atoms with Crippen LogP contribution in [0.4, 0.5) is 5.69 Å². The van der Waals surface area contributed by atoms with Gasteiger partial charge in [0, 0.05) is 53.0 Å². The number of nitrogens with zero attached hydrogens (tertiary/aromatic N) is 5. The Morgan fingerprint density at radius 1 is 1.23 bits per heavy atom. The van der Waals surface area contributed by atoms with Crippen LogP contribution >= 0.6 is 0 Å². The second-order valence-corrected chi connectivity index (χ2v) is 6.56. The summed E-state index contributed by atoms with van der Waals surface area (Å²) in [4.78, 5) is 8.92. The molecule has 0 saturated carbocycles. The minimum Gasteiger partial charge on any atom is -0.506 e. The Morgan fingerprint density at radius 3 is 2.65 bits per heavy atom. The summed E-state index contributed by atoms with van der Waals surface area (Å²) in [5, 5.41) is 17.7. The van der Waals surface area contributed by atoms with E-state index in [0.717, 1.165) is 57.2 Å². The number of benzene rings is 1. The Morgan fingerprint density at radius 2 is 2.00 bits per heavy atom. The number of aryl methyl sites for hydroxylation is 2. The molecule has 2 heterocycles. The molecule has 1 saturated heterocycles. The molecule has 7 heteroatoms. The number of phenolic OH excluding ortho intramolecular Hbond substituents is 1. The number of guanidine groups is 1. The van der Waals surface area contributed by atoms with Crippen LogP contribution in [0, 0.1) is 0 Å². The molecule has 140 valence electrons. The SMILES string of the molecule is CN=C(NCCCc1cnn(C)c1)N1CCN(c2ccccc2O)CC1. The number of anilines is 1. The number of hydrogen-bond acceptors (Lipinski definition) is 4. The van der Waals surface area contributed by atoms with E-state index >= 15 is 0 Å². The zero-order chi connectivity index (χ0) is 18.4. The first-order chi connectivity index (χ1) is 12.7. The van der Waals surface area contributed by atoms with Crippen LogP contribution < -0.4 is 10.2 Å². The second kappa shape index (κ2) is 8.60. The molecule has 0 radical (unpaired) electrons. The first-order valence-electron chi connectivity index (χ1n) is 9.13. The summed E-state index contributed by atoms with van der Waals surface area (Å²) in [6.45, 7) is 4.40. The topological polar surface area (TPSA) is 68.9 Å². The van der Waals surface area contributed by atoms with E-state index in [9.17, 15) is 5.11 Å². The number of aromatic hydroxyl groups is 1. The monoisotopic (exact) mass is 356 g/mol. The molecular weight excluding hydrogens is 328 g/mol. The van der Waals surface area contributed by atoms with Gasteiger partial charge in [-0.3, -0.25) is 9.67 Å². The van der Waals surface area contributed by atoms with E-state index in [-0.39, 0.29) is 0 Å². The Bertz CT molecular complexity index is 733. The van der Waals surface area contributed by atoms with E-state index < -0.39 is 0 Å². The van der Waals surface area contributed by atoms with Crippen molar-refractivity contribution in [3.63, 3.8) is 0 Å². The molecule has 2 aromatic rings. The van der Waals surface area contributed by atoms with Gasteiger partial charge in [-0.25, -0.2) is 0 Å². The van der Waals surface area contributed by atoms with E-state index in [1.165, 1.54) is 5.56 Å². The molecule has 26 heavy (non-hydrogen) atoms. The predicted molar refractivity (Wildman–Crippen MR) is 105 cm³/mol. The van der Waals surface area contributed by atoms with Gasteiger partial charge < -0.3 is 20.2 Å². The minimum atomic E-state index is 0.346. The lowest BCUT2D eigenvalue weighted by Gasteiger charge is -2.37. The quantitative estimate of drug-likeness (QED) is 0.482. The third-order valence-electron chi connectivity index (χ3n) is 4.70. The number of aromatic nitrogens is 2. The van der Waals surface area contributed by atoms with Gasteiger partial charge in [0.2, 0.25) is 0 Å². The summed E-state index contributed by atoms with van der Waals surface area (Å²) in [7, 11) is 3.78. The molecule has 1 fully saturated rings. The fraction of sp³-hybridized carbons (Fsp3) is 0.474. The van der Waals surface area contributed by atoms with Gasteiger partial charge in [0.15, 0.2) is 5.96 Å². The summed E-state index contributed by atoms with van der Waals surface area (Å²) in [5.41, 5.74) is 2.17. The molecule has 1 aliphatic rings. The van der Waals surface area contributed by atoms with E-state index in [2.05, 4.69) is 31.4 Å². The number of nitrogens with one attached hydrogen (secondary N) is 1. The molecule has 1 aromatic carbocycles. The Labute approximate surface area is 154 Å². The van der Waals surface area contributed by atoms with Crippen LogP contribution in [0.5, 0.6) is 5.75 Å². The number of para-hydroxylation sites is 2. The van der Waals surface area contributed by atoms with Crippen molar-refractivity contribution in [1.82, 2.24) is 20.0 Å². The Hall–Kier alpha value is -2.70. The van der Waals surface area contributed by atoms with Crippen molar-refractivity contribution >= 4 is 11.6 Å². The van der Waals surface area contributed by atoms with Crippen molar-refractivity contribution in [2.24, 2.45) is 12.0 Å². The smallest absolute Gasteiger partial charge is 0.193 e. The molecule has 7 nitrogen and oxygen atoms in total. The highest BCUT2D eigenvalue weighted by Crippen LogP contribution is 2.27. The number of piperazine rings is 1. The zero-order valence-corrected chi connectivity index (χ0v) is 15.6. The molecule has 1 aliphatic heterocycles. The minimum absolute atomic E-state index is 0.346. The van der Waals surface area contributed by atoms with E-state index in [0.29, 0.717) is 5.75 Å². The molecule has 0 amide bonds. The van der Waals surface area contributed by atoms with Crippen LogP contribution in [0.2, 0.25) is 0 Å². The van der Waals surface area contributed by atoms with Crippen LogP contribution in [0.3, 0.4) is 0 Å². The molecule has 0 bridgehead atoms. The third-order valence-corrected chi connectivity index (χ3v) is 4.70. The number of rotatable bonds is 5. The fourth-order valence-corrected chi connectivity index (χ4v) is 3.32. The van der Waals surface area contributed by atoms with Crippen molar-refractivity contribution in [3.8, 4) is 5.75 Å². The maximum Gasteiger partial charge on any atom is 0.193 e. The average Bonchev–Trinajstić information content (AvgIpc) is 3.08. The maximum atomic E-state index is 10.0.